The van der Waals surface area contributed by atoms with Crippen LogP contribution in [0.3, 0.4) is 0 Å². The highest BCUT2D eigenvalue weighted by Gasteiger charge is 2.64. The largest absolute Gasteiger partial charge is 0.463 e. The lowest BCUT2D eigenvalue weighted by Crippen LogP contribution is -2.69. The van der Waals surface area contributed by atoms with Crippen molar-refractivity contribution in [3.63, 3.8) is 0 Å². The molecule has 1 heterocycles. The van der Waals surface area contributed by atoms with Gasteiger partial charge >= 0.3 is 23.9 Å². The lowest BCUT2D eigenvalue weighted by Gasteiger charge is -2.34. The minimum atomic E-state index is -5.37. The normalized spacial score (nSPS) is 13.4. The summed E-state index contributed by atoms with van der Waals surface area (Å²) in [7, 11) is -4.16. The second-order valence-corrected chi connectivity index (χ2v) is 7.82. The highest BCUT2D eigenvalue weighted by Crippen LogP contribution is 2.33. The van der Waals surface area contributed by atoms with Crippen molar-refractivity contribution in [2.75, 3.05) is 23.3 Å². The maximum Gasteiger partial charge on any atom is 0.442 e. The van der Waals surface area contributed by atoms with E-state index in [2.05, 4.69) is 24.2 Å². The van der Waals surface area contributed by atoms with Crippen LogP contribution >= 0.6 is 0 Å². The van der Waals surface area contributed by atoms with Gasteiger partial charge in [0, 0.05) is 18.1 Å². The SMILES string of the molecule is CCOC(=O)N[C@](Nc1ccc(S(=O)(=O)Nc2ncccn2)cc1)(C(=O)OCC)C(F)(F)F. The van der Waals surface area contributed by atoms with Crippen LogP contribution < -0.4 is 15.4 Å². The molecule has 1 atom stereocenters. The second kappa shape index (κ2) is 10.3. The van der Waals surface area contributed by atoms with Crippen LogP contribution in [0.15, 0.2) is 47.6 Å². The third kappa shape index (κ3) is 6.21. The number of nitrogens with one attached hydrogen (secondary N) is 3. The molecule has 15 heteroatoms. The van der Waals surface area contributed by atoms with Gasteiger partial charge in [0.25, 0.3) is 10.0 Å². The van der Waals surface area contributed by atoms with Crippen LogP contribution in [0.4, 0.5) is 29.6 Å². The average molecular weight is 491 g/mol. The molecule has 2 aromatic rings. The molecule has 0 aliphatic carbocycles. The Balaban J connectivity index is 2.37. The molecule has 0 bridgehead atoms. The lowest BCUT2D eigenvalue weighted by atomic mass is 10.1. The van der Waals surface area contributed by atoms with Gasteiger partial charge in [-0.1, -0.05) is 0 Å². The molecule has 1 aromatic carbocycles. The van der Waals surface area contributed by atoms with Gasteiger partial charge in [0.1, 0.15) is 0 Å². The highest BCUT2D eigenvalue weighted by molar-refractivity contribution is 7.92. The second-order valence-electron chi connectivity index (χ2n) is 6.14. The number of carbonyl (C=O) groups is 2. The van der Waals surface area contributed by atoms with Crippen molar-refractivity contribution in [1.29, 1.82) is 0 Å². The summed E-state index contributed by atoms with van der Waals surface area (Å²) in [5.74, 6) is -2.05. The van der Waals surface area contributed by atoms with Crippen LogP contribution in [0.1, 0.15) is 13.8 Å². The molecular formula is C18H20F3N5O6S. The number of alkyl carbamates (subject to hydrolysis) is 1. The number of carbonyl (C=O) groups excluding carboxylic acids is 2. The molecule has 2 rings (SSSR count). The zero-order valence-corrected chi connectivity index (χ0v) is 18.2. The first kappa shape index (κ1) is 25.6. The Labute approximate surface area is 186 Å². The number of rotatable bonds is 9. The first-order chi connectivity index (χ1) is 15.4. The zero-order chi connectivity index (χ0) is 24.7. The lowest BCUT2D eigenvalue weighted by molar-refractivity contribution is -0.205. The quantitative estimate of drug-likeness (QED) is 0.355. The number of amides is 1. The van der Waals surface area contributed by atoms with E-state index in [1.54, 1.807) is 0 Å². The molecule has 0 saturated heterocycles. The van der Waals surface area contributed by atoms with Crippen LogP contribution in [0.2, 0.25) is 0 Å². The molecule has 0 aliphatic heterocycles. The Hall–Kier alpha value is -3.62. The minimum Gasteiger partial charge on any atom is -0.463 e. The molecule has 0 spiro atoms. The number of hydrogen-bond acceptors (Lipinski definition) is 9. The van der Waals surface area contributed by atoms with Crippen molar-refractivity contribution in [3.8, 4) is 0 Å². The van der Waals surface area contributed by atoms with E-state index in [0.717, 1.165) is 24.3 Å². The number of anilines is 2. The van der Waals surface area contributed by atoms with Gasteiger partial charge < -0.3 is 14.8 Å². The number of ether oxygens (including phenoxy) is 2. The summed E-state index contributed by atoms with van der Waals surface area (Å²) < 4.78 is 77.9. The van der Waals surface area contributed by atoms with Gasteiger partial charge in [0.05, 0.1) is 18.1 Å². The van der Waals surface area contributed by atoms with Gasteiger partial charge in [-0.3, -0.25) is 5.32 Å². The van der Waals surface area contributed by atoms with Crippen molar-refractivity contribution >= 4 is 33.7 Å². The molecule has 11 nitrogen and oxygen atoms in total. The van der Waals surface area contributed by atoms with E-state index in [-0.39, 0.29) is 23.1 Å². The third-order valence-electron chi connectivity index (χ3n) is 3.86. The van der Waals surface area contributed by atoms with Crippen LogP contribution in [0.25, 0.3) is 0 Å². The van der Waals surface area contributed by atoms with Crippen molar-refractivity contribution in [1.82, 2.24) is 15.3 Å². The summed E-state index contributed by atoms with van der Waals surface area (Å²) in [6, 6.07) is 5.35. The number of nitrogens with zero attached hydrogens (tertiary/aromatic N) is 2. The Morgan fingerprint density at radius 2 is 1.58 bits per heavy atom. The van der Waals surface area contributed by atoms with Gasteiger partial charge in [-0.05, 0) is 44.2 Å². The van der Waals surface area contributed by atoms with Crippen molar-refractivity contribution in [2.24, 2.45) is 0 Å². The summed E-state index contributed by atoms with van der Waals surface area (Å²) in [4.78, 5) is 31.2. The van der Waals surface area contributed by atoms with Crippen LogP contribution in [0.5, 0.6) is 0 Å². The summed E-state index contributed by atoms with van der Waals surface area (Å²) >= 11 is 0. The van der Waals surface area contributed by atoms with Crippen molar-refractivity contribution in [3.05, 3.63) is 42.7 Å². The van der Waals surface area contributed by atoms with Gasteiger partial charge in [-0.25, -0.2) is 32.7 Å². The summed E-state index contributed by atoms with van der Waals surface area (Å²) in [5.41, 5.74) is -4.06. The molecule has 0 radical (unpaired) electrons. The Kier molecular flexibility index (Phi) is 8.03. The van der Waals surface area contributed by atoms with E-state index < -0.39 is 40.5 Å². The van der Waals surface area contributed by atoms with Crippen molar-refractivity contribution in [2.45, 2.75) is 30.6 Å². The van der Waals surface area contributed by atoms with Gasteiger partial charge in [0.2, 0.25) is 5.95 Å². The average Bonchev–Trinajstić information content (AvgIpc) is 2.73. The molecule has 0 unspecified atom stereocenters. The molecule has 3 N–H and O–H groups in total. The van der Waals surface area contributed by atoms with Crippen molar-refractivity contribution < 1.29 is 40.7 Å². The van der Waals surface area contributed by atoms with E-state index in [9.17, 15) is 31.2 Å². The predicted octanol–water partition coefficient (Wildman–Crippen LogP) is 2.26. The smallest absolute Gasteiger partial charge is 0.442 e. The fourth-order valence-corrected chi connectivity index (χ4v) is 3.37. The number of esters is 1. The van der Waals surface area contributed by atoms with Crippen LogP contribution in [-0.4, -0.2) is 55.5 Å². The Morgan fingerprint density at radius 3 is 2.09 bits per heavy atom. The number of benzene rings is 1. The summed E-state index contributed by atoms with van der Waals surface area (Å²) in [5, 5.41) is 3.35. The highest BCUT2D eigenvalue weighted by atomic mass is 32.2. The maximum absolute atomic E-state index is 14.0. The summed E-state index contributed by atoms with van der Waals surface area (Å²) in [6.45, 7) is 1.98. The molecule has 0 saturated carbocycles. The molecule has 180 valence electrons. The topological polar surface area (TPSA) is 149 Å². The molecule has 0 fully saturated rings. The fraction of sp³-hybridized carbons (Fsp3) is 0.333. The number of sulfonamides is 1. The third-order valence-corrected chi connectivity index (χ3v) is 5.20. The number of alkyl halides is 3. The monoisotopic (exact) mass is 491 g/mol. The van der Waals surface area contributed by atoms with E-state index >= 15 is 0 Å². The molecule has 0 aliphatic rings. The number of halogens is 3. The van der Waals surface area contributed by atoms with Gasteiger partial charge in [-0.2, -0.15) is 13.2 Å². The Bertz CT molecular complexity index is 1070. The first-order valence-corrected chi connectivity index (χ1v) is 10.8. The van der Waals surface area contributed by atoms with Crippen LogP contribution in [-0.2, 0) is 24.3 Å². The molecule has 1 aromatic heterocycles. The number of aromatic nitrogens is 2. The molecule has 1 amide bonds. The molecular weight excluding hydrogens is 471 g/mol. The fourth-order valence-electron chi connectivity index (χ4n) is 2.42. The van der Waals surface area contributed by atoms with Gasteiger partial charge in [0.15, 0.2) is 0 Å². The summed E-state index contributed by atoms with van der Waals surface area (Å²) in [6.07, 6.45) is -4.29. The standard InChI is InChI=1S/C18H20F3N5O6S/c1-3-31-14(27)17(18(19,20)21,25-16(28)32-4-2)24-12-6-8-13(9-7-12)33(29,30)26-15-22-10-5-11-23-15/h5-11,24H,3-4H2,1-2H3,(H,25,28)(H,22,23,26)/t17-/m1/s1. The minimum absolute atomic E-state index is 0.211. The van der Waals surface area contributed by atoms with E-state index in [4.69, 9.17) is 0 Å². The van der Waals surface area contributed by atoms with E-state index in [1.807, 2.05) is 5.32 Å². The maximum atomic E-state index is 14.0. The van der Waals surface area contributed by atoms with Gasteiger partial charge in [-0.15, -0.1) is 0 Å². The van der Waals surface area contributed by atoms with E-state index in [0.29, 0.717) is 0 Å². The van der Waals surface area contributed by atoms with Crippen LogP contribution in [0, 0.1) is 0 Å². The molecule has 33 heavy (non-hydrogen) atoms. The number of hydrogen-bond donors (Lipinski definition) is 3. The predicted molar refractivity (Wildman–Crippen MR) is 108 cm³/mol. The first-order valence-electron chi connectivity index (χ1n) is 9.32. The van der Waals surface area contributed by atoms with E-state index in [1.165, 1.54) is 37.6 Å². The Morgan fingerprint density at radius 1 is 1.00 bits per heavy atom. The zero-order valence-electron chi connectivity index (χ0n) is 17.3.